The van der Waals surface area contributed by atoms with E-state index < -0.39 is 11.8 Å². The van der Waals surface area contributed by atoms with Crippen molar-refractivity contribution in [3.05, 3.63) is 17.8 Å². The number of aromatic nitrogens is 1. The van der Waals surface area contributed by atoms with Crippen molar-refractivity contribution in [1.82, 2.24) is 10.3 Å². The highest BCUT2D eigenvalue weighted by Crippen LogP contribution is 2.22. The molecule has 0 radical (unpaired) electrons. The van der Waals surface area contributed by atoms with Gasteiger partial charge in [0.05, 0.1) is 6.20 Å². The monoisotopic (exact) mass is 239 g/mol. The van der Waals surface area contributed by atoms with E-state index in [1.165, 1.54) is 6.20 Å². The van der Waals surface area contributed by atoms with Crippen LogP contribution < -0.4 is 11.1 Å². The lowest BCUT2D eigenvalue weighted by molar-refractivity contribution is -0.117. The van der Waals surface area contributed by atoms with Crippen LogP contribution in [0.4, 0.5) is 0 Å². The lowest BCUT2D eigenvalue weighted by Gasteiger charge is -2.12. The Morgan fingerprint density at radius 1 is 1.47 bits per heavy atom. The maximum Gasteiger partial charge on any atom is 0.307 e. The van der Waals surface area contributed by atoms with E-state index in [0.717, 1.165) is 0 Å². The number of hydrogen-bond donors (Lipinski definition) is 2. The number of hydrogen-bond acceptors (Lipinski definition) is 4. The topological polar surface area (TPSA) is 98.2 Å². The van der Waals surface area contributed by atoms with Gasteiger partial charge in [-0.15, -0.1) is 0 Å². The van der Waals surface area contributed by atoms with E-state index in [4.69, 9.17) is 10.2 Å². The SMILES string of the molecule is CC(C)(C)c1cnc(C(=O)NCCC(N)=O)o1. The zero-order chi connectivity index (χ0) is 13.1. The van der Waals surface area contributed by atoms with E-state index in [1.807, 2.05) is 20.8 Å². The molecule has 3 N–H and O–H groups in total. The average Bonchev–Trinajstić information content (AvgIpc) is 2.64. The zero-order valence-corrected chi connectivity index (χ0v) is 10.2. The number of oxazole rings is 1. The van der Waals surface area contributed by atoms with Crippen LogP contribution in [0.25, 0.3) is 0 Å². The summed E-state index contributed by atoms with van der Waals surface area (Å²) in [6.45, 7) is 6.06. The Kier molecular flexibility index (Phi) is 3.88. The second-order valence-corrected chi connectivity index (χ2v) is 4.75. The van der Waals surface area contributed by atoms with Gasteiger partial charge in [-0.1, -0.05) is 20.8 Å². The van der Waals surface area contributed by atoms with E-state index in [-0.39, 0.29) is 24.3 Å². The number of nitrogens with two attached hydrogens (primary N) is 1. The van der Waals surface area contributed by atoms with Gasteiger partial charge in [0.1, 0.15) is 5.76 Å². The molecule has 94 valence electrons. The summed E-state index contributed by atoms with van der Waals surface area (Å²) in [5.74, 6) is -0.271. The summed E-state index contributed by atoms with van der Waals surface area (Å²) in [5, 5.41) is 2.50. The summed E-state index contributed by atoms with van der Waals surface area (Å²) in [6.07, 6.45) is 1.63. The number of carbonyl (C=O) groups excluding carboxylic acids is 2. The predicted molar refractivity (Wildman–Crippen MR) is 61.3 cm³/mol. The van der Waals surface area contributed by atoms with Crippen molar-refractivity contribution in [1.29, 1.82) is 0 Å². The maximum atomic E-state index is 11.5. The molecule has 0 aliphatic heterocycles. The van der Waals surface area contributed by atoms with Crippen LogP contribution in [0.2, 0.25) is 0 Å². The molecule has 0 aliphatic carbocycles. The van der Waals surface area contributed by atoms with Gasteiger partial charge in [0.25, 0.3) is 5.89 Å². The van der Waals surface area contributed by atoms with Gasteiger partial charge in [0, 0.05) is 18.4 Å². The average molecular weight is 239 g/mol. The third-order valence-electron chi connectivity index (χ3n) is 2.10. The van der Waals surface area contributed by atoms with Crippen LogP contribution in [-0.4, -0.2) is 23.3 Å². The third kappa shape index (κ3) is 3.90. The van der Waals surface area contributed by atoms with Gasteiger partial charge in [0.15, 0.2) is 0 Å². The van der Waals surface area contributed by atoms with Crippen LogP contribution in [0.1, 0.15) is 43.6 Å². The lowest BCUT2D eigenvalue weighted by atomic mass is 9.94. The van der Waals surface area contributed by atoms with Crippen molar-refractivity contribution < 1.29 is 14.0 Å². The van der Waals surface area contributed by atoms with Gasteiger partial charge in [-0.25, -0.2) is 4.98 Å². The first-order valence-electron chi connectivity index (χ1n) is 5.33. The fourth-order valence-corrected chi connectivity index (χ4v) is 1.10. The summed E-state index contributed by atoms with van der Waals surface area (Å²) in [6, 6.07) is 0. The number of nitrogens with zero attached hydrogens (tertiary/aromatic N) is 1. The second-order valence-electron chi connectivity index (χ2n) is 4.75. The van der Waals surface area contributed by atoms with Crippen molar-refractivity contribution >= 4 is 11.8 Å². The maximum absolute atomic E-state index is 11.5. The third-order valence-corrected chi connectivity index (χ3v) is 2.10. The first-order valence-corrected chi connectivity index (χ1v) is 5.33. The molecule has 0 saturated carbocycles. The zero-order valence-electron chi connectivity index (χ0n) is 10.2. The van der Waals surface area contributed by atoms with E-state index in [9.17, 15) is 9.59 Å². The van der Waals surface area contributed by atoms with E-state index in [0.29, 0.717) is 5.76 Å². The van der Waals surface area contributed by atoms with Crippen LogP contribution in [0.15, 0.2) is 10.6 Å². The first-order chi connectivity index (χ1) is 7.80. The number of nitrogens with one attached hydrogen (secondary N) is 1. The van der Waals surface area contributed by atoms with Gasteiger partial charge in [-0.05, 0) is 0 Å². The Labute approximate surface area is 99.6 Å². The van der Waals surface area contributed by atoms with Gasteiger partial charge in [-0.3, -0.25) is 9.59 Å². The minimum atomic E-state index is -0.465. The highest BCUT2D eigenvalue weighted by Gasteiger charge is 2.21. The molecule has 1 rings (SSSR count). The van der Waals surface area contributed by atoms with Crippen molar-refractivity contribution in [2.24, 2.45) is 5.73 Å². The molecule has 0 fully saturated rings. The fraction of sp³-hybridized carbons (Fsp3) is 0.545. The van der Waals surface area contributed by atoms with Crippen LogP contribution in [-0.2, 0) is 10.2 Å². The Bertz CT molecular complexity index is 418. The molecule has 0 bridgehead atoms. The van der Waals surface area contributed by atoms with Crippen LogP contribution >= 0.6 is 0 Å². The molecule has 1 aromatic rings. The number of primary amides is 1. The second kappa shape index (κ2) is 4.99. The Hall–Kier alpha value is -1.85. The van der Waals surface area contributed by atoms with Gasteiger partial charge < -0.3 is 15.5 Å². The number of rotatable bonds is 4. The molecule has 1 heterocycles. The summed E-state index contributed by atoms with van der Waals surface area (Å²) in [4.78, 5) is 25.9. The molecule has 0 unspecified atom stereocenters. The van der Waals surface area contributed by atoms with Crippen molar-refractivity contribution in [2.45, 2.75) is 32.6 Å². The van der Waals surface area contributed by atoms with Crippen LogP contribution in [0.3, 0.4) is 0 Å². The molecule has 0 spiro atoms. The fourth-order valence-electron chi connectivity index (χ4n) is 1.10. The van der Waals surface area contributed by atoms with Gasteiger partial charge >= 0.3 is 5.91 Å². The molecule has 0 saturated heterocycles. The highest BCUT2D eigenvalue weighted by atomic mass is 16.4. The normalized spacial score (nSPS) is 11.2. The highest BCUT2D eigenvalue weighted by molar-refractivity contribution is 5.89. The smallest absolute Gasteiger partial charge is 0.307 e. The van der Waals surface area contributed by atoms with Crippen molar-refractivity contribution in [3.8, 4) is 0 Å². The number of amides is 2. The molecule has 1 aromatic heterocycles. The van der Waals surface area contributed by atoms with Gasteiger partial charge in [-0.2, -0.15) is 0 Å². The summed E-state index contributed by atoms with van der Waals surface area (Å²) < 4.78 is 5.33. The Morgan fingerprint density at radius 2 is 2.12 bits per heavy atom. The van der Waals surface area contributed by atoms with Crippen LogP contribution in [0, 0.1) is 0 Å². The van der Waals surface area contributed by atoms with Crippen molar-refractivity contribution in [2.75, 3.05) is 6.54 Å². The van der Waals surface area contributed by atoms with E-state index >= 15 is 0 Å². The molecule has 6 nitrogen and oxygen atoms in total. The van der Waals surface area contributed by atoms with Crippen molar-refractivity contribution in [3.63, 3.8) is 0 Å². The largest absolute Gasteiger partial charge is 0.437 e. The summed E-state index contributed by atoms with van der Waals surface area (Å²) in [7, 11) is 0. The quantitative estimate of drug-likeness (QED) is 0.802. The molecule has 0 aliphatic rings. The summed E-state index contributed by atoms with van der Waals surface area (Å²) >= 11 is 0. The Morgan fingerprint density at radius 3 is 2.59 bits per heavy atom. The first kappa shape index (κ1) is 13.2. The van der Waals surface area contributed by atoms with Gasteiger partial charge in [0.2, 0.25) is 5.91 Å². The lowest BCUT2D eigenvalue weighted by Crippen LogP contribution is -2.28. The molecule has 6 heteroatoms. The van der Waals surface area contributed by atoms with E-state index in [1.54, 1.807) is 0 Å². The number of carbonyl (C=O) groups is 2. The Balaban J connectivity index is 2.58. The molecule has 17 heavy (non-hydrogen) atoms. The molecular weight excluding hydrogens is 222 g/mol. The van der Waals surface area contributed by atoms with E-state index in [2.05, 4.69) is 10.3 Å². The molecular formula is C11H17N3O3. The molecule has 0 aromatic carbocycles. The molecule has 2 amide bonds. The minimum absolute atomic E-state index is 0.000560. The van der Waals surface area contributed by atoms with Crippen LogP contribution in [0.5, 0.6) is 0 Å². The standard InChI is InChI=1S/C11H17N3O3/c1-11(2,3)7-6-14-10(17-7)9(16)13-5-4-8(12)15/h6H,4-5H2,1-3H3,(H2,12,15)(H,13,16). The molecule has 0 atom stereocenters. The summed E-state index contributed by atoms with van der Waals surface area (Å²) in [5.41, 5.74) is 4.75. The minimum Gasteiger partial charge on any atom is -0.437 e. The predicted octanol–water partition coefficient (Wildman–Crippen LogP) is 0.577.